The van der Waals surface area contributed by atoms with Crippen molar-refractivity contribution in [1.82, 2.24) is 14.5 Å². The van der Waals surface area contributed by atoms with E-state index in [1.54, 1.807) is 35.7 Å². The number of imidazole rings is 1. The number of aromatic nitrogens is 2. The van der Waals surface area contributed by atoms with Gasteiger partial charge in [0, 0.05) is 24.3 Å². The number of carbonyl (C=O) groups is 1. The Kier molecular flexibility index (Phi) is 3.05. The van der Waals surface area contributed by atoms with E-state index in [0.29, 0.717) is 0 Å². The Bertz CT molecular complexity index is 450. The van der Waals surface area contributed by atoms with Gasteiger partial charge in [0.25, 0.3) is 0 Å². The third-order valence-electron chi connectivity index (χ3n) is 2.56. The number of rotatable bonds is 2. The minimum atomic E-state index is -0.0709. The monoisotopic (exact) mass is 235 g/mol. The summed E-state index contributed by atoms with van der Waals surface area (Å²) in [5, 5.41) is 2.02. The van der Waals surface area contributed by atoms with E-state index < -0.39 is 0 Å². The molecule has 4 nitrogen and oxygen atoms in total. The molecule has 0 saturated carbocycles. The standard InChI is InChI=1S/C11H13N3OS/c1-9(10-4-3-7-16-10)13(2)11(15)14-6-5-12-8-14/h3-9H,1-2H3. The Morgan fingerprint density at radius 1 is 1.62 bits per heavy atom. The molecule has 84 valence electrons. The molecule has 1 unspecified atom stereocenters. The molecule has 0 saturated heterocycles. The van der Waals surface area contributed by atoms with E-state index >= 15 is 0 Å². The molecular formula is C11H13N3OS. The maximum Gasteiger partial charge on any atom is 0.329 e. The second-order valence-corrected chi connectivity index (χ2v) is 4.53. The third kappa shape index (κ3) is 1.99. The number of thiophene rings is 1. The van der Waals surface area contributed by atoms with Crippen molar-refractivity contribution in [2.45, 2.75) is 13.0 Å². The zero-order chi connectivity index (χ0) is 11.5. The van der Waals surface area contributed by atoms with E-state index in [2.05, 4.69) is 4.98 Å². The summed E-state index contributed by atoms with van der Waals surface area (Å²) in [5.41, 5.74) is 0. The maximum absolute atomic E-state index is 12.0. The molecule has 0 aliphatic carbocycles. The number of hydrogen-bond acceptors (Lipinski definition) is 3. The van der Waals surface area contributed by atoms with Gasteiger partial charge in [-0.05, 0) is 18.4 Å². The molecule has 2 aromatic rings. The van der Waals surface area contributed by atoms with E-state index in [-0.39, 0.29) is 12.1 Å². The second-order valence-electron chi connectivity index (χ2n) is 3.55. The molecule has 0 spiro atoms. The molecule has 0 bridgehead atoms. The molecule has 0 N–H and O–H groups in total. The van der Waals surface area contributed by atoms with Gasteiger partial charge in [-0.2, -0.15) is 0 Å². The fourth-order valence-corrected chi connectivity index (χ4v) is 2.27. The lowest BCUT2D eigenvalue weighted by Gasteiger charge is -2.23. The Morgan fingerprint density at radius 2 is 2.44 bits per heavy atom. The highest BCUT2D eigenvalue weighted by Crippen LogP contribution is 2.23. The predicted octanol–water partition coefficient (Wildman–Crippen LogP) is 2.61. The molecule has 0 radical (unpaired) electrons. The molecule has 0 aliphatic rings. The van der Waals surface area contributed by atoms with Gasteiger partial charge in [0.1, 0.15) is 6.33 Å². The lowest BCUT2D eigenvalue weighted by atomic mass is 10.2. The van der Waals surface area contributed by atoms with Gasteiger partial charge in [-0.1, -0.05) is 6.07 Å². The minimum absolute atomic E-state index is 0.0709. The van der Waals surface area contributed by atoms with Crippen molar-refractivity contribution in [1.29, 1.82) is 0 Å². The fraction of sp³-hybridized carbons (Fsp3) is 0.273. The normalized spacial score (nSPS) is 12.4. The highest BCUT2D eigenvalue weighted by atomic mass is 32.1. The van der Waals surface area contributed by atoms with E-state index in [1.165, 1.54) is 15.8 Å². The summed E-state index contributed by atoms with van der Waals surface area (Å²) < 4.78 is 1.48. The fourth-order valence-electron chi connectivity index (χ4n) is 1.44. The van der Waals surface area contributed by atoms with Crippen LogP contribution >= 0.6 is 11.3 Å². The van der Waals surface area contributed by atoms with Crippen molar-refractivity contribution >= 4 is 17.4 Å². The van der Waals surface area contributed by atoms with Gasteiger partial charge in [-0.3, -0.25) is 4.57 Å². The smallest absolute Gasteiger partial charge is 0.320 e. The van der Waals surface area contributed by atoms with Gasteiger partial charge < -0.3 is 4.90 Å². The van der Waals surface area contributed by atoms with Crippen LogP contribution in [0.15, 0.2) is 36.2 Å². The molecular weight excluding hydrogens is 222 g/mol. The first kappa shape index (κ1) is 10.9. The topological polar surface area (TPSA) is 38.1 Å². The van der Waals surface area contributed by atoms with Crippen LogP contribution in [0.2, 0.25) is 0 Å². The average Bonchev–Trinajstić information content (AvgIpc) is 2.97. The average molecular weight is 235 g/mol. The summed E-state index contributed by atoms with van der Waals surface area (Å²) in [4.78, 5) is 18.7. The lowest BCUT2D eigenvalue weighted by Crippen LogP contribution is -2.32. The Labute approximate surface area is 98.1 Å². The molecule has 2 rings (SSSR count). The molecule has 5 heteroatoms. The van der Waals surface area contributed by atoms with Crippen LogP contribution in [0.25, 0.3) is 0 Å². The largest absolute Gasteiger partial charge is 0.329 e. The SMILES string of the molecule is CC(c1cccs1)N(C)C(=O)n1ccnc1. The maximum atomic E-state index is 12.0. The Balaban J connectivity index is 2.14. The first-order chi connectivity index (χ1) is 7.70. The van der Waals surface area contributed by atoms with Gasteiger partial charge >= 0.3 is 6.03 Å². The highest BCUT2D eigenvalue weighted by molar-refractivity contribution is 7.10. The number of amides is 1. The van der Waals surface area contributed by atoms with Crippen molar-refractivity contribution in [3.8, 4) is 0 Å². The van der Waals surface area contributed by atoms with Crippen LogP contribution in [-0.2, 0) is 0 Å². The first-order valence-corrected chi connectivity index (χ1v) is 5.86. The molecule has 2 aromatic heterocycles. The van der Waals surface area contributed by atoms with Crippen LogP contribution in [0.3, 0.4) is 0 Å². The lowest BCUT2D eigenvalue weighted by molar-refractivity contribution is 0.197. The van der Waals surface area contributed by atoms with Gasteiger partial charge in [-0.15, -0.1) is 11.3 Å². The molecule has 1 atom stereocenters. The minimum Gasteiger partial charge on any atom is -0.320 e. The van der Waals surface area contributed by atoms with Gasteiger partial charge in [-0.25, -0.2) is 9.78 Å². The van der Waals surface area contributed by atoms with E-state index in [9.17, 15) is 4.79 Å². The van der Waals surface area contributed by atoms with Crippen LogP contribution < -0.4 is 0 Å². The van der Waals surface area contributed by atoms with E-state index in [4.69, 9.17) is 0 Å². The van der Waals surface area contributed by atoms with E-state index in [0.717, 1.165) is 0 Å². The molecule has 16 heavy (non-hydrogen) atoms. The summed E-state index contributed by atoms with van der Waals surface area (Å²) in [6.45, 7) is 2.01. The quantitative estimate of drug-likeness (QED) is 0.802. The molecule has 0 aliphatic heterocycles. The van der Waals surface area contributed by atoms with Crippen molar-refractivity contribution in [2.24, 2.45) is 0 Å². The van der Waals surface area contributed by atoms with Crippen molar-refractivity contribution in [3.63, 3.8) is 0 Å². The summed E-state index contributed by atoms with van der Waals surface area (Å²) in [7, 11) is 1.80. The van der Waals surface area contributed by atoms with Gasteiger partial charge in [0.2, 0.25) is 0 Å². The van der Waals surface area contributed by atoms with Gasteiger partial charge in [0.15, 0.2) is 0 Å². The first-order valence-electron chi connectivity index (χ1n) is 4.98. The summed E-state index contributed by atoms with van der Waals surface area (Å²) in [6, 6.07) is 4.03. The van der Waals surface area contributed by atoms with Crippen LogP contribution in [0.1, 0.15) is 17.8 Å². The highest BCUT2D eigenvalue weighted by Gasteiger charge is 2.18. The van der Waals surface area contributed by atoms with Crippen molar-refractivity contribution in [2.75, 3.05) is 7.05 Å². The summed E-state index contributed by atoms with van der Waals surface area (Å²) in [5.74, 6) is 0. The Morgan fingerprint density at radius 3 is 3.00 bits per heavy atom. The number of nitrogens with zero attached hydrogens (tertiary/aromatic N) is 3. The summed E-state index contributed by atoms with van der Waals surface area (Å²) in [6.07, 6.45) is 4.77. The van der Waals surface area contributed by atoms with Crippen LogP contribution in [-0.4, -0.2) is 27.5 Å². The second kappa shape index (κ2) is 4.49. The molecule has 1 amide bonds. The Hall–Kier alpha value is -1.62. The molecule has 0 aromatic carbocycles. The number of hydrogen-bond donors (Lipinski definition) is 0. The summed E-state index contributed by atoms with van der Waals surface area (Å²) >= 11 is 1.66. The molecule has 2 heterocycles. The van der Waals surface area contributed by atoms with Gasteiger partial charge in [0.05, 0.1) is 6.04 Å². The zero-order valence-electron chi connectivity index (χ0n) is 9.20. The van der Waals surface area contributed by atoms with Crippen LogP contribution in [0, 0.1) is 0 Å². The zero-order valence-corrected chi connectivity index (χ0v) is 10.0. The van der Waals surface area contributed by atoms with E-state index in [1.807, 2.05) is 24.4 Å². The van der Waals surface area contributed by atoms with Crippen LogP contribution in [0.5, 0.6) is 0 Å². The van der Waals surface area contributed by atoms with Crippen LogP contribution in [0.4, 0.5) is 4.79 Å². The molecule has 0 fully saturated rings. The predicted molar refractivity (Wildman–Crippen MR) is 63.5 cm³/mol. The third-order valence-corrected chi connectivity index (χ3v) is 3.61. The van der Waals surface area contributed by atoms with Crippen molar-refractivity contribution < 1.29 is 4.79 Å². The van der Waals surface area contributed by atoms with Crippen molar-refractivity contribution in [3.05, 3.63) is 41.1 Å². The number of carbonyl (C=O) groups excluding carboxylic acids is 1.